The summed E-state index contributed by atoms with van der Waals surface area (Å²) in [6.45, 7) is 0. The summed E-state index contributed by atoms with van der Waals surface area (Å²) in [4.78, 5) is 23.8. The van der Waals surface area contributed by atoms with E-state index in [4.69, 9.17) is 21.7 Å². The van der Waals surface area contributed by atoms with E-state index in [1.165, 1.54) is 7.11 Å². The van der Waals surface area contributed by atoms with Crippen LogP contribution in [0.15, 0.2) is 54.2 Å². The molecule has 0 spiro atoms. The van der Waals surface area contributed by atoms with Gasteiger partial charge in [-0.3, -0.25) is 10.1 Å². The van der Waals surface area contributed by atoms with Crippen molar-refractivity contribution in [1.29, 1.82) is 0 Å². The summed E-state index contributed by atoms with van der Waals surface area (Å²) in [6, 6.07) is 13.6. The van der Waals surface area contributed by atoms with Crippen LogP contribution < -0.4 is 20.1 Å². The maximum Gasteiger partial charge on any atom is 0.343 e. The number of carbonyl (C=O) groups is 2. The Labute approximate surface area is 149 Å². The first kappa shape index (κ1) is 16.7. The summed E-state index contributed by atoms with van der Waals surface area (Å²) in [5.74, 6) is -0.117. The highest BCUT2D eigenvalue weighted by atomic mass is 32.1. The number of nitrogens with one attached hydrogen (secondary N) is 2. The fourth-order valence-corrected chi connectivity index (χ4v) is 2.44. The van der Waals surface area contributed by atoms with E-state index in [2.05, 4.69) is 10.6 Å². The number of thiocarbonyl (C=S) groups is 1. The van der Waals surface area contributed by atoms with Crippen molar-refractivity contribution in [2.24, 2.45) is 0 Å². The van der Waals surface area contributed by atoms with Gasteiger partial charge in [0.15, 0.2) is 16.6 Å². The van der Waals surface area contributed by atoms with Gasteiger partial charge in [-0.1, -0.05) is 24.3 Å². The smallest absolute Gasteiger partial charge is 0.343 e. The van der Waals surface area contributed by atoms with Gasteiger partial charge in [-0.05, 0) is 48.1 Å². The Kier molecular flexibility index (Phi) is 4.76. The quantitative estimate of drug-likeness (QED) is 0.380. The summed E-state index contributed by atoms with van der Waals surface area (Å²) >= 11 is 4.89. The first-order chi connectivity index (χ1) is 12.1. The molecular weight excluding hydrogens is 340 g/mol. The van der Waals surface area contributed by atoms with Gasteiger partial charge < -0.3 is 14.8 Å². The number of methoxy groups -OCH3 is 1. The highest BCUT2D eigenvalue weighted by Gasteiger charge is 2.20. The van der Waals surface area contributed by atoms with Crippen LogP contribution in [0.3, 0.4) is 0 Å². The Morgan fingerprint density at radius 3 is 2.48 bits per heavy atom. The van der Waals surface area contributed by atoms with Gasteiger partial charge in [0.1, 0.15) is 5.70 Å². The Bertz CT molecular complexity index is 878. The highest BCUT2D eigenvalue weighted by molar-refractivity contribution is 7.80. The minimum Gasteiger partial charge on any atom is -0.493 e. The van der Waals surface area contributed by atoms with Crippen LogP contribution in [-0.4, -0.2) is 24.1 Å². The van der Waals surface area contributed by atoms with E-state index in [9.17, 15) is 9.59 Å². The number of carbonyl (C=O) groups excluding carboxylic acids is 2. The molecule has 3 rings (SSSR count). The number of hydrogen-bond donors (Lipinski definition) is 2. The molecule has 2 aromatic rings. The third-order valence-corrected chi connectivity index (χ3v) is 3.63. The summed E-state index contributed by atoms with van der Waals surface area (Å²) < 4.78 is 10.7. The molecule has 126 valence electrons. The predicted octanol–water partition coefficient (Wildman–Crippen LogP) is 2.26. The van der Waals surface area contributed by atoms with E-state index < -0.39 is 5.97 Å². The Morgan fingerprint density at radius 2 is 1.84 bits per heavy atom. The van der Waals surface area contributed by atoms with E-state index in [-0.39, 0.29) is 16.8 Å². The van der Waals surface area contributed by atoms with Gasteiger partial charge in [0.05, 0.1) is 12.7 Å². The molecule has 1 amide bonds. The molecule has 1 aliphatic rings. The van der Waals surface area contributed by atoms with Crippen LogP contribution in [0.25, 0.3) is 6.08 Å². The average molecular weight is 354 g/mol. The second kappa shape index (κ2) is 7.14. The lowest BCUT2D eigenvalue weighted by Crippen LogP contribution is -2.21. The maximum absolute atomic E-state index is 12.2. The van der Waals surface area contributed by atoms with Crippen molar-refractivity contribution < 1.29 is 19.1 Å². The lowest BCUT2D eigenvalue weighted by molar-refractivity contribution is -0.115. The predicted molar refractivity (Wildman–Crippen MR) is 96.2 cm³/mol. The van der Waals surface area contributed by atoms with Crippen molar-refractivity contribution in [3.63, 3.8) is 0 Å². The zero-order valence-electron chi connectivity index (χ0n) is 13.2. The fraction of sp³-hybridized carbons (Fsp3) is 0.0556. The molecule has 0 aliphatic carbocycles. The lowest BCUT2D eigenvalue weighted by Gasteiger charge is -2.10. The average Bonchev–Trinajstić information content (AvgIpc) is 2.94. The third kappa shape index (κ3) is 3.84. The number of benzene rings is 2. The zero-order valence-corrected chi connectivity index (χ0v) is 14.1. The Hall–Kier alpha value is -3.19. The second-order valence-corrected chi connectivity index (χ2v) is 5.54. The SMILES string of the molecule is COc1cc(/C=C2/NC(=S)NC2=O)ccc1OC(=O)c1ccccc1. The molecule has 0 saturated carbocycles. The molecular formula is C18H14N2O4S. The first-order valence-electron chi connectivity index (χ1n) is 7.36. The van der Waals surface area contributed by atoms with Gasteiger partial charge in [0.25, 0.3) is 5.91 Å². The Morgan fingerprint density at radius 1 is 1.08 bits per heavy atom. The zero-order chi connectivity index (χ0) is 17.8. The van der Waals surface area contributed by atoms with Crippen molar-refractivity contribution in [2.75, 3.05) is 7.11 Å². The van der Waals surface area contributed by atoms with Crippen LogP contribution in [-0.2, 0) is 4.79 Å². The van der Waals surface area contributed by atoms with E-state index in [0.717, 1.165) is 0 Å². The van der Waals surface area contributed by atoms with Gasteiger partial charge >= 0.3 is 5.97 Å². The van der Waals surface area contributed by atoms with Crippen molar-refractivity contribution in [3.05, 3.63) is 65.4 Å². The van der Waals surface area contributed by atoms with Gasteiger partial charge in [-0.15, -0.1) is 0 Å². The molecule has 0 atom stereocenters. The number of ether oxygens (including phenoxy) is 2. The highest BCUT2D eigenvalue weighted by Crippen LogP contribution is 2.29. The van der Waals surface area contributed by atoms with Crippen molar-refractivity contribution in [1.82, 2.24) is 10.6 Å². The molecule has 0 unspecified atom stereocenters. The molecule has 2 N–H and O–H groups in total. The van der Waals surface area contributed by atoms with Crippen LogP contribution >= 0.6 is 12.2 Å². The van der Waals surface area contributed by atoms with Gasteiger partial charge in [0, 0.05) is 0 Å². The minimum atomic E-state index is -0.479. The van der Waals surface area contributed by atoms with Gasteiger partial charge in [-0.2, -0.15) is 0 Å². The largest absolute Gasteiger partial charge is 0.493 e. The summed E-state index contributed by atoms with van der Waals surface area (Å²) in [5.41, 5.74) is 1.47. The molecule has 2 aromatic carbocycles. The number of amides is 1. The number of rotatable bonds is 4. The molecule has 7 heteroatoms. The first-order valence-corrected chi connectivity index (χ1v) is 7.77. The van der Waals surface area contributed by atoms with E-state index in [1.54, 1.807) is 48.5 Å². The number of hydrogen-bond acceptors (Lipinski definition) is 5. The van der Waals surface area contributed by atoms with Crippen LogP contribution in [0.5, 0.6) is 11.5 Å². The van der Waals surface area contributed by atoms with Crippen molar-refractivity contribution in [3.8, 4) is 11.5 Å². The van der Waals surface area contributed by atoms with E-state index in [0.29, 0.717) is 22.6 Å². The molecule has 25 heavy (non-hydrogen) atoms. The molecule has 1 heterocycles. The minimum absolute atomic E-state index is 0.261. The van der Waals surface area contributed by atoms with Crippen LogP contribution in [0, 0.1) is 0 Å². The van der Waals surface area contributed by atoms with Crippen LogP contribution in [0.2, 0.25) is 0 Å². The molecule has 1 saturated heterocycles. The molecule has 1 aliphatic heterocycles. The molecule has 0 aromatic heterocycles. The van der Waals surface area contributed by atoms with Crippen LogP contribution in [0.1, 0.15) is 15.9 Å². The molecule has 6 nitrogen and oxygen atoms in total. The van der Waals surface area contributed by atoms with Crippen molar-refractivity contribution in [2.45, 2.75) is 0 Å². The second-order valence-electron chi connectivity index (χ2n) is 5.13. The summed E-state index contributed by atoms with van der Waals surface area (Å²) in [7, 11) is 1.47. The van der Waals surface area contributed by atoms with Gasteiger partial charge in [-0.25, -0.2) is 4.79 Å². The van der Waals surface area contributed by atoms with E-state index in [1.807, 2.05) is 6.07 Å². The molecule has 0 radical (unpaired) electrons. The Balaban J connectivity index is 1.83. The normalized spacial score (nSPS) is 14.8. The standard InChI is InChI=1S/C18H14N2O4S/c1-23-15-10-11(9-13-16(21)20-18(25)19-13)7-8-14(15)24-17(22)12-5-3-2-4-6-12/h2-10H,1H3,(H2,19,20,21,25)/b13-9+. The molecule has 0 bridgehead atoms. The third-order valence-electron chi connectivity index (χ3n) is 3.43. The van der Waals surface area contributed by atoms with Gasteiger partial charge in [0.2, 0.25) is 0 Å². The molecule has 1 fully saturated rings. The summed E-state index contributed by atoms with van der Waals surface area (Å²) in [6.07, 6.45) is 1.62. The number of esters is 1. The van der Waals surface area contributed by atoms with Crippen molar-refractivity contribution >= 4 is 35.3 Å². The van der Waals surface area contributed by atoms with Crippen LogP contribution in [0.4, 0.5) is 0 Å². The summed E-state index contributed by atoms with van der Waals surface area (Å²) in [5, 5.41) is 5.51. The topological polar surface area (TPSA) is 76.7 Å². The lowest BCUT2D eigenvalue weighted by atomic mass is 10.1. The maximum atomic E-state index is 12.2. The fourth-order valence-electron chi connectivity index (χ4n) is 2.24. The van der Waals surface area contributed by atoms with E-state index >= 15 is 0 Å². The monoisotopic (exact) mass is 354 g/mol.